The van der Waals surface area contributed by atoms with Crippen molar-refractivity contribution >= 4 is 24.0 Å². The van der Waals surface area contributed by atoms with Gasteiger partial charge in [0.1, 0.15) is 0 Å². The molecule has 1 rings (SSSR count). The number of benzene rings is 1. The summed E-state index contributed by atoms with van der Waals surface area (Å²) < 4.78 is 4.58. The van der Waals surface area contributed by atoms with Crippen LogP contribution in [0.3, 0.4) is 0 Å². The van der Waals surface area contributed by atoms with Gasteiger partial charge in [-0.05, 0) is 31.0 Å². The number of esters is 1. The summed E-state index contributed by atoms with van der Waals surface area (Å²) in [5.41, 5.74) is 3.21. The van der Waals surface area contributed by atoms with Crippen molar-refractivity contribution < 1.29 is 19.1 Å². The van der Waals surface area contributed by atoms with Crippen molar-refractivity contribution in [2.24, 2.45) is 5.10 Å². The Hall–Kier alpha value is -2.70. The minimum Gasteiger partial charge on any atom is -0.465 e. The topological polar surface area (TPSA) is 96.9 Å². The van der Waals surface area contributed by atoms with E-state index in [1.165, 1.54) is 13.3 Å². The van der Waals surface area contributed by atoms with Crippen LogP contribution in [0.25, 0.3) is 0 Å². The molecular weight excluding hydrogens is 286 g/mol. The molecule has 0 saturated heterocycles. The molecule has 0 bridgehead atoms. The summed E-state index contributed by atoms with van der Waals surface area (Å²) in [7, 11) is 1.30. The molecule has 0 heterocycles. The van der Waals surface area contributed by atoms with Gasteiger partial charge in [0.15, 0.2) is 0 Å². The summed E-state index contributed by atoms with van der Waals surface area (Å²) in [4.78, 5) is 34.2. The second-order valence-corrected chi connectivity index (χ2v) is 4.60. The number of carbonyl (C=O) groups is 3. The molecule has 0 aliphatic rings. The van der Waals surface area contributed by atoms with Crippen molar-refractivity contribution in [3.8, 4) is 0 Å². The number of hydrogen-bond acceptors (Lipinski definition) is 5. The van der Waals surface area contributed by atoms with E-state index in [0.717, 1.165) is 6.42 Å². The van der Waals surface area contributed by atoms with Crippen LogP contribution >= 0.6 is 0 Å². The van der Waals surface area contributed by atoms with E-state index in [0.29, 0.717) is 11.1 Å². The molecule has 22 heavy (non-hydrogen) atoms. The molecule has 1 atom stereocenters. The van der Waals surface area contributed by atoms with Crippen molar-refractivity contribution in [2.45, 2.75) is 26.3 Å². The number of nitrogens with one attached hydrogen (secondary N) is 2. The average molecular weight is 305 g/mol. The summed E-state index contributed by atoms with van der Waals surface area (Å²) in [5.74, 6) is -1.99. The van der Waals surface area contributed by atoms with E-state index in [9.17, 15) is 14.4 Å². The van der Waals surface area contributed by atoms with Gasteiger partial charge < -0.3 is 10.1 Å². The molecule has 0 radical (unpaired) electrons. The maximum atomic E-state index is 11.5. The van der Waals surface area contributed by atoms with Crippen LogP contribution in [-0.2, 0) is 14.3 Å². The molecule has 7 heteroatoms. The maximum absolute atomic E-state index is 11.5. The Balaban J connectivity index is 2.53. The van der Waals surface area contributed by atoms with Crippen LogP contribution in [0.15, 0.2) is 29.4 Å². The first kappa shape index (κ1) is 17.4. The van der Waals surface area contributed by atoms with E-state index in [-0.39, 0.29) is 6.04 Å². The molecule has 0 spiro atoms. The molecule has 0 aromatic heterocycles. The fourth-order valence-corrected chi connectivity index (χ4v) is 1.43. The van der Waals surface area contributed by atoms with Crippen molar-refractivity contribution in [1.82, 2.24) is 10.7 Å². The number of amides is 2. The molecule has 118 valence electrons. The van der Waals surface area contributed by atoms with Gasteiger partial charge in [0.2, 0.25) is 0 Å². The van der Waals surface area contributed by atoms with Gasteiger partial charge in [-0.25, -0.2) is 10.2 Å². The van der Waals surface area contributed by atoms with Crippen LogP contribution in [0, 0.1) is 0 Å². The van der Waals surface area contributed by atoms with Gasteiger partial charge in [0, 0.05) is 6.04 Å². The largest absolute Gasteiger partial charge is 0.465 e. The molecule has 0 saturated carbocycles. The lowest BCUT2D eigenvalue weighted by Gasteiger charge is -2.09. The Kier molecular flexibility index (Phi) is 6.75. The number of hydrazone groups is 1. The number of carbonyl (C=O) groups excluding carboxylic acids is 3. The van der Waals surface area contributed by atoms with Gasteiger partial charge in [-0.3, -0.25) is 9.59 Å². The third-order valence-electron chi connectivity index (χ3n) is 2.91. The molecule has 2 N–H and O–H groups in total. The standard InChI is InChI=1S/C15H19N3O4/c1-4-10(2)17-13(19)14(20)18-16-9-11-5-7-12(8-6-11)15(21)22-3/h5-10H,4H2,1-3H3,(H,17,19)(H,18,20)/b16-9-/t10-/m1/s1. The van der Waals surface area contributed by atoms with Crippen LogP contribution < -0.4 is 10.7 Å². The lowest BCUT2D eigenvalue weighted by Crippen LogP contribution is -2.41. The Morgan fingerprint density at radius 1 is 1.23 bits per heavy atom. The lowest BCUT2D eigenvalue weighted by atomic mass is 10.1. The Bertz CT molecular complexity index is 567. The third-order valence-corrected chi connectivity index (χ3v) is 2.91. The second-order valence-electron chi connectivity index (χ2n) is 4.60. The van der Waals surface area contributed by atoms with Crippen LogP contribution in [0.5, 0.6) is 0 Å². The number of ether oxygens (including phenoxy) is 1. The molecule has 0 unspecified atom stereocenters. The van der Waals surface area contributed by atoms with Gasteiger partial charge in [-0.1, -0.05) is 19.1 Å². The van der Waals surface area contributed by atoms with Crippen molar-refractivity contribution in [1.29, 1.82) is 0 Å². The molecule has 2 amide bonds. The molecule has 0 aliphatic carbocycles. The predicted molar refractivity (Wildman–Crippen MR) is 81.4 cm³/mol. The zero-order valence-electron chi connectivity index (χ0n) is 12.8. The van der Waals surface area contributed by atoms with E-state index in [4.69, 9.17) is 0 Å². The van der Waals surface area contributed by atoms with Crippen LogP contribution in [0.2, 0.25) is 0 Å². The van der Waals surface area contributed by atoms with Crippen molar-refractivity contribution in [3.05, 3.63) is 35.4 Å². The highest BCUT2D eigenvalue weighted by Gasteiger charge is 2.14. The van der Waals surface area contributed by atoms with Crippen LogP contribution in [0.1, 0.15) is 36.2 Å². The molecule has 1 aromatic rings. The van der Waals surface area contributed by atoms with Gasteiger partial charge in [-0.2, -0.15) is 5.10 Å². The van der Waals surface area contributed by atoms with E-state index < -0.39 is 17.8 Å². The van der Waals surface area contributed by atoms with E-state index in [1.807, 2.05) is 6.92 Å². The molecule has 1 aromatic carbocycles. The monoisotopic (exact) mass is 305 g/mol. The first-order valence-electron chi connectivity index (χ1n) is 6.80. The van der Waals surface area contributed by atoms with Gasteiger partial charge in [0.05, 0.1) is 18.9 Å². The van der Waals surface area contributed by atoms with Crippen LogP contribution in [-0.4, -0.2) is 37.1 Å². The minimum atomic E-state index is -0.831. The summed E-state index contributed by atoms with van der Waals surface area (Å²) >= 11 is 0. The van der Waals surface area contributed by atoms with E-state index in [1.54, 1.807) is 31.2 Å². The molecule has 7 nitrogen and oxygen atoms in total. The Morgan fingerprint density at radius 2 is 1.86 bits per heavy atom. The predicted octanol–water partition coefficient (Wildman–Crippen LogP) is 0.838. The fraction of sp³-hybridized carbons (Fsp3) is 0.333. The highest BCUT2D eigenvalue weighted by Crippen LogP contribution is 2.03. The SMILES string of the molecule is CC[C@@H](C)NC(=O)C(=O)N/N=C\c1ccc(C(=O)OC)cc1. The normalized spacial score (nSPS) is 11.8. The maximum Gasteiger partial charge on any atom is 0.337 e. The highest BCUT2D eigenvalue weighted by atomic mass is 16.5. The second kappa shape index (κ2) is 8.56. The van der Waals surface area contributed by atoms with Crippen molar-refractivity contribution in [3.63, 3.8) is 0 Å². The number of nitrogens with zero attached hydrogens (tertiary/aromatic N) is 1. The average Bonchev–Trinajstić information content (AvgIpc) is 2.54. The first-order chi connectivity index (χ1) is 10.5. The summed E-state index contributed by atoms with van der Waals surface area (Å²) in [6.07, 6.45) is 2.10. The molecular formula is C15H19N3O4. The zero-order chi connectivity index (χ0) is 16.5. The quantitative estimate of drug-likeness (QED) is 0.364. The zero-order valence-corrected chi connectivity index (χ0v) is 12.8. The Labute approximate surface area is 128 Å². The number of hydrogen-bond donors (Lipinski definition) is 2. The number of rotatable bonds is 5. The van der Waals surface area contributed by atoms with Gasteiger partial charge in [0.25, 0.3) is 0 Å². The van der Waals surface area contributed by atoms with Crippen molar-refractivity contribution in [2.75, 3.05) is 7.11 Å². The number of methoxy groups -OCH3 is 1. The highest BCUT2D eigenvalue weighted by molar-refractivity contribution is 6.35. The summed E-state index contributed by atoms with van der Waals surface area (Å²) in [6, 6.07) is 6.35. The Morgan fingerprint density at radius 3 is 2.41 bits per heavy atom. The van der Waals surface area contributed by atoms with Gasteiger partial charge >= 0.3 is 17.8 Å². The van der Waals surface area contributed by atoms with E-state index >= 15 is 0 Å². The molecule has 0 fully saturated rings. The smallest absolute Gasteiger partial charge is 0.337 e. The third kappa shape index (κ3) is 5.35. The summed E-state index contributed by atoms with van der Waals surface area (Å²) in [6.45, 7) is 3.70. The lowest BCUT2D eigenvalue weighted by molar-refractivity contribution is -0.139. The van der Waals surface area contributed by atoms with E-state index in [2.05, 4.69) is 20.6 Å². The fourth-order valence-electron chi connectivity index (χ4n) is 1.43. The summed E-state index contributed by atoms with van der Waals surface area (Å²) in [5, 5.41) is 6.22. The van der Waals surface area contributed by atoms with Gasteiger partial charge in [-0.15, -0.1) is 0 Å². The minimum absolute atomic E-state index is 0.0758. The van der Waals surface area contributed by atoms with Crippen LogP contribution in [0.4, 0.5) is 0 Å². The molecule has 0 aliphatic heterocycles. The first-order valence-corrected chi connectivity index (χ1v) is 6.80.